The predicted octanol–water partition coefficient (Wildman–Crippen LogP) is 5.84. The minimum Gasteiger partial charge on any atom is -0.439 e. The number of hydrogen-bond acceptors (Lipinski definition) is 2. The molecule has 0 saturated carbocycles. The number of rotatable bonds is 2. The summed E-state index contributed by atoms with van der Waals surface area (Å²) in [5.41, 5.74) is 4.57. The van der Waals surface area contributed by atoms with Gasteiger partial charge in [0.1, 0.15) is 6.10 Å². The van der Waals surface area contributed by atoms with Gasteiger partial charge in [0.15, 0.2) is 0 Å². The van der Waals surface area contributed by atoms with Crippen molar-refractivity contribution in [1.29, 1.82) is 0 Å². The largest absolute Gasteiger partial charge is 0.439 e. The topological polar surface area (TPSA) is 29.5 Å². The highest BCUT2D eigenvalue weighted by Crippen LogP contribution is 2.33. The lowest BCUT2D eigenvalue weighted by atomic mass is 9.95. The first-order valence-corrected chi connectivity index (χ1v) is 8.73. The third kappa shape index (κ3) is 4.60. The Kier molecular flexibility index (Phi) is 8.03. The van der Waals surface area contributed by atoms with Gasteiger partial charge in [-0.05, 0) is 18.1 Å². The van der Waals surface area contributed by atoms with Crippen molar-refractivity contribution in [2.24, 2.45) is 0 Å². The summed E-state index contributed by atoms with van der Waals surface area (Å²) in [5.74, 6) is 0. The number of amides is 1. The zero-order valence-electron chi connectivity index (χ0n) is 15.7. The number of likely N-dealkylation sites (N-methyl/N-ethyl adjacent to an activating group) is 1. The average molecular weight is 327 g/mol. The molecule has 1 aliphatic heterocycles. The fourth-order valence-electron chi connectivity index (χ4n) is 2.59. The number of nitrogens with zero attached hydrogens (tertiary/aromatic N) is 1. The van der Waals surface area contributed by atoms with Gasteiger partial charge in [0, 0.05) is 12.6 Å². The number of ether oxygens (including phenoxy) is 1. The first-order chi connectivity index (χ1) is 11.6. The zero-order valence-corrected chi connectivity index (χ0v) is 15.7. The smallest absolute Gasteiger partial charge is 0.410 e. The van der Waals surface area contributed by atoms with Crippen LogP contribution in [0, 0.1) is 6.92 Å². The second-order valence-corrected chi connectivity index (χ2v) is 5.21. The van der Waals surface area contributed by atoms with Gasteiger partial charge in [0.2, 0.25) is 0 Å². The van der Waals surface area contributed by atoms with Gasteiger partial charge >= 0.3 is 6.09 Å². The average Bonchev–Trinajstić information content (AvgIpc) is 2.97. The minimum absolute atomic E-state index is 0.191. The first kappa shape index (κ1) is 19.8. The number of aryl methyl sites for hydroxylation is 1. The second-order valence-electron chi connectivity index (χ2n) is 5.21. The lowest BCUT2D eigenvalue weighted by Crippen LogP contribution is -2.17. The molecule has 1 atom stereocenters. The van der Waals surface area contributed by atoms with Gasteiger partial charge in [0.25, 0.3) is 0 Å². The van der Waals surface area contributed by atoms with Crippen molar-refractivity contribution in [3.63, 3.8) is 0 Å². The molecular weight excluding hydrogens is 298 g/mol. The normalized spacial score (nSPS) is 15.7. The van der Waals surface area contributed by atoms with E-state index in [9.17, 15) is 4.79 Å². The quantitative estimate of drug-likeness (QED) is 0.693. The molecule has 3 heteroatoms. The molecule has 3 nitrogen and oxygen atoms in total. The van der Waals surface area contributed by atoms with E-state index in [0.29, 0.717) is 6.54 Å². The second kappa shape index (κ2) is 9.76. The van der Waals surface area contributed by atoms with E-state index in [1.165, 1.54) is 5.56 Å². The number of benzene rings is 2. The Morgan fingerprint density at radius 1 is 1.00 bits per heavy atom. The van der Waals surface area contributed by atoms with Crippen LogP contribution in [0.3, 0.4) is 0 Å². The number of hydrogen-bond donors (Lipinski definition) is 0. The van der Waals surface area contributed by atoms with Crippen LogP contribution in [0.25, 0.3) is 11.1 Å². The molecule has 1 heterocycles. The SMILES string of the molecule is CC.CC.Cc1cccc(-c2ccccc2C2CN(C)C(=O)O2)c1. The van der Waals surface area contributed by atoms with E-state index in [4.69, 9.17) is 4.74 Å². The van der Waals surface area contributed by atoms with Gasteiger partial charge in [-0.25, -0.2) is 4.79 Å². The summed E-state index contributed by atoms with van der Waals surface area (Å²) in [5, 5.41) is 0. The van der Waals surface area contributed by atoms with Crippen molar-refractivity contribution in [2.75, 3.05) is 13.6 Å². The monoisotopic (exact) mass is 327 g/mol. The van der Waals surface area contributed by atoms with Crippen LogP contribution in [0.1, 0.15) is 44.9 Å². The van der Waals surface area contributed by atoms with Crippen molar-refractivity contribution in [1.82, 2.24) is 4.90 Å². The maximum Gasteiger partial charge on any atom is 0.410 e. The Labute approximate surface area is 146 Å². The molecule has 2 aromatic carbocycles. The number of carbonyl (C=O) groups excluding carboxylic acids is 1. The Morgan fingerprint density at radius 3 is 2.25 bits per heavy atom. The van der Waals surface area contributed by atoms with Crippen LogP contribution >= 0.6 is 0 Å². The standard InChI is InChI=1S/C17H17NO2.2C2H6/c1-12-6-5-7-13(10-12)14-8-3-4-9-15(14)16-11-18(2)17(19)20-16;2*1-2/h3-10,16H,11H2,1-2H3;2*1-2H3. The van der Waals surface area contributed by atoms with E-state index in [0.717, 1.165) is 16.7 Å². The summed E-state index contributed by atoms with van der Waals surface area (Å²) in [7, 11) is 1.76. The molecule has 0 spiro atoms. The zero-order chi connectivity index (χ0) is 18.1. The lowest BCUT2D eigenvalue weighted by molar-refractivity contribution is 0.135. The molecule has 0 radical (unpaired) electrons. The maximum atomic E-state index is 11.6. The van der Waals surface area contributed by atoms with E-state index >= 15 is 0 Å². The molecule has 0 N–H and O–H groups in total. The van der Waals surface area contributed by atoms with Gasteiger partial charge in [-0.2, -0.15) is 0 Å². The summed E-state index contributed by atoms with van der Waals surface area (Å²) in [4.78, 5) is 13.2. The van der Waals surface area contributed by atoms with Gasteiger partial charge in [-0.15, -0.1) is 0 Å². The lowest BCUT2D eigenvalue weighted by Gasteiger charge is -2.14. The predicted molar refractivity (Wildman–Crippen MR) is 101 cm³/mol. The van der Waals surface area contributed by atoms with Crippen LogP contribution in [0.5, 0.6) is 0 Å². The maximum absolute atomic E-state index is 11.6. The summed E-state index contributed by atoms with van der Waals surface area (Å²) in [6, 6.07) is 16.5. The fourth-order valence-corrected chi connectivity index (χ4v) is 2.59. The summed E-state index contributed by atoms with van der Waals surface area (Å²) in [6.07, 6.45) is -0.446. The molecule has 2 aromatic rings. The van der Waals surface area contributed by atoms with Crippen LogP contribution in [0.15, 0.2) is 48.5 Å². The van der Waals surface area contributed by atoms with Crippen molar-refractivity contribution in [3.05, 3.63) is 59.7 Å². The van der Waals surface area contributed by atoms with Crippen LogP contribution in [-0.2, 0) is 4.74 Å². The van der Waals surface area contributed by atoms with E-state index in [1.807, 2.05) is 52.0 Å². The molecule has 24 heavy (non-hydrogen) atoms. The molecule has 1 saturated heterocycles. The highest BCUT2D eigenvalue weighted by molar-refractivity contribution is 5.73. The van der Waals surface area contributed by atoms with E-state index < -0.39 is 0 Å². The van der Waals surface area contributed by atoms with Crippen molar-refractivity contribution < 1.29 is 9.53 Å². The van der Waals surface area contributed by atoms with Crippen LogP contribution < -0.4 is 0 Å². The van der Waals surface area contributed by atoms with Crippen molar-refractivity contribution in [2.45, 2.75) is 40.7 Å². The van der Waals surface area contributed by atoms with E-state index in [2.05, 4.69) is 31.2 Å². The summed E-state index contributed by atoms with van der Waals surface area (Å²) < 4.78 is 5.44. The van der Waals surface area contributed by atoms with E-state index in [1.54, 1.807) is 11.9 Å². The Hall–Kier alpha value is -2.29. The Morgan fingerprint density at radius 2 is 1.67 bits per heavy atom. The van der Waals surface area contributed by atoms with Gasteiger partial charge < -0.3 is 9.64 Å². The Balaban J connectivity index is 0.000000671. The van der Waals surface area contributed by atoms with Crippen LogP contribution in [0.4, 0.5) is 4.79 Å². The minimum atomic E-state index is -0.256. The van der Waals surface area contributed by atoms with Crippen LogP contribution in [0.2, 0.25) is 0 Å². The fraction of sp³-hybridized carbons (Fsp3) is 0.381. The van der Waals surface area contributed by atoms with Crippen molar-refractivity contribution in [3.8, 4) is 11.1 Å². The third-order valence-corrected chi connectivity index (χ3v) is 3.63. The molecular formula is C21H29NO2. The molecule has 1 fully saturated rings. The molecule has 1 aliphatic rings. The molecule has 0 aromatic heterocycles. The molecule has 1 amide bonds. The Bertz CT molecular complexity index is 652. The number of carbonyl (C=O) groups is 1. The molecule has 0 bridgehead atoms. The highest BCUT2D eigenvalue weighted by atomic mass is 16.6. The summed E-state index contributed by atoms with van der Waals surface area (Å²) in [6.45, 7) is 10.7. The molecule has 130 valence electrons. The molecule has 1 unspecified atom stereocenters. The van der Waals surface area contributed by atoms with Crippen LogP contribution in [-0.4, -0.2) is 24.6 Å². The molecule has 0 aliphatic carbocycles. The van der Waals surface area contributed by atoms with Crippen molar-refractivity contribution >= 4 is 6.09 Å². The first-order valence-electron chi connectivity index (χ1n) is 8.73. The number of cyclic esters (lactones) is 1. The third-order valence-electron chi connectivity index (χ3n) is 3.63. The van der Waals surface area contributed by atoms with Gasteiger partial charge in [-0.1, -0.05) is 81.8 Å². The molecule has 3 rings (SSSR count). The van der Waals surface area contributed by atoms with Gasteiger partial charge in [0.05, 0.1) is 6.54 Å². The highest BCUT2D eigenvalue weighted by Gasteiger charge is 2.30. The summed E-state index contributed by atoms with van der Waals surface area (Å²) >= 11 is 0. The van der Waals surface area contributed by atoms with Gasteiger partial charge in [-0.3, -0.25) is 0 Å². The van der Waals surface area contributed by atoms with E-state index in [-0.39, 0.29) is 12.2 Å².